The van der Waals surface area contributed by atoms with Gasteiger partial charge in [0.2, 0.25) is 5.43 Å². The number of ketones is 1. The van der Waals surface area contributed by atoms with Crippen molar-refractivity contribution in [2.75, 3.05) is 31.9 Å². The number of hydrogen-bond donors (Lipinski definition) is 1. The van der Waals surface area contributed by atoms with E-state index in [2.05, 4.69) is 0 Å². The molecule has 0 radical (unpaired) electrons. The second kappa shape index (κ2) is 10.1. The maximum Gasteiger partial charge on any atom is 0.277 e. The molecule has 1 aromatic carbocycles. The van der Waals surface area contributed by atoms with Crippen molar-refractivity contribution in [2.45, 2.75) is 19.4 Å². The zero-order chi connectivity index (χ0) is 25.1. The molecule has 4 rings (SSSR count). The first-order valence-corrected chi connectivity index (χ1v) is 10.8. The lowest BCUT2D eigenvalue weighted by Crippen LogP contribution is -2.54. The summed E-state index contributed by atoms with van der Waals surface area (Å²) in [4.78, 5) is 40.2. The van der Waals surface area contributed by atoms with E-state index in [0.717, 1.165) is 11.6 Å². The summed E-state index contributed by atoms with van der Waals surface area (Å²) in [5, 5.41) is 12.3. The Kier molecular flexibility index (Phi) is 6.97. The van der Waals surface area contributed by atoms with Gasteiger partial charge in [-0.05, 0) is 24.1 Å². The molecule has 3 heterocycles. The number of fused-ring (bicyclic) bond motifs is 1. The van der Waals surface area contributed by atoms with Gasteiger partial charge in [0.05, 0.1) is 31.2 Å². The van der Waals surface area contributed by atoms with Crippen molar-refractivity contribution in [1.29, 1.82) is 0 Å². The molecule has 0 saturated heterocycles. The molecular weight excluding hydrogens is 464 g/mol. The number of furan rings is 1. The molecule has 0 saturated carbocycles. The fourth-order valence-electron chi connectivity index (χ4n) is 3.89. The molecule has 9 nitrogen and oxygen atoms in total. The number of rotatable bonds is 9. The van der Waals surface area contributed by atoms with Crippen LogP contribution in [-0.4, -0.2) is 53.3 Å². The Morgan fingerprint density at radius 2 is 2.03 bits per heavy atom. The van der Waals surface area contributed by atoms with E-state index in [0.29, 0.717) is 6.07 Å². The molecule has 3 aromatic rings. The molecule has 1 aliphatic rings. The normalized spacial score (nSPS) is 13.3. The minimum atomic E-state index is -0.994. The van der Waals surface area contributed by atoms with Crippen LogP contribution in [0, 0.1) is 11.6 Å². The lowest BCUT2D eigenvalue weighted by atomic mass is 10.0. The monoisotopic (exact) mass is 487 g/mol. The number of methoxy groups -OCH3 is 1. The fraction of sp³-hybridized carbons (Fsp3) is 0.292. The van der Waals surface area contributed by atoms with Crippen molar-refractivity contribution < 1.29 is 32.6 Å². The Hall–Kier alpha value is -3.99. The van der Waals surface area contributed by atoms with Gasteiger partial charge in [-0.1, -0.05) is 6.07 Å². The van der Waals surface area contributed by atoms with E-state index in [-0.39, 0.29) is 56.0 Å². The molecule has 0 unspecified atom stereocenters. The molecule has 0 atom stereocenters. The SMILES string of the molecule is COCCN1CN(Cc2ccoc2)n2cc(C(=O)CCc3ccc(F)cc3F)c(=O)c(O)c2C1=O. The average molecular weight is 487 g/mol. The number of amides is 1. The molecule has 0 aliphatic carbocycles. The van der Waals surface area contributed by atoms with Crippen LogP contribution in [0.1, 0.15) is 38.4 Å². The highest BCUT2D eigenvalue weighted by atomic mass is 19.1. The first kappa shape index (κ1) is 24.1. The summed E-state index contributed by atoms with van der Waals surface area (Å²) >= 11 is 0. The van der Waals surface area contributed by atoms with Crippen molar-refractivity contribution in [3.05, 3.63) is 87.2 Å². The highest BCUT2D eigenvalue weighted by Crippen LogP contribution is 2.23. The summed E-state index contributed by atoms with van der Waals surface area (Å²) in [5.41, 5.74) is -0.737. The van der Waals surface area contributed by atoms with Crippen LogP contribution in [0.3, 0.4) is 0 Å². The van der Waals surface area contributed by atoms with Gasteiger partial charge in [0, 0.05) is 37.9 Å². The highest BCUT2D eigenvalue weighted by molar-refractivity contribution is 6.00. The Balaban J connectivity index is 1.68. The quantitative estimate of drug-likeness (QED) is 0.462. The molecule has 184 valence electrons. The van der Waals surface area contributed by atoms with Crippen molar-refractivity contribution in [1.82, 2.24) is 9.58 Å². The number of Topliss-reactive ketones (excluding diaryl/α,β-unsaturated/α-hetero) is 1. The number of carbonyl (C=O) groups excluding carboxylic acids is 2. The Bertz CT molecular complexity index is 1310. The summed E-state index contributed by atoms with van der Waals surface area (Å²) in [6.45, 7) is 0.801. The third kappa shape index (κ3) is 4.94. The van der Waals surface area contributed by atoms with Gasteiger partial charge in [0.25, 0.3) is 5.91 Å². The van der Waals surface area contributed by atoms with Crippen LogP contribution in [0.4, 0.5) is 8.78 Å². The van der Waals surface area contributed by atoms with Crippen LogP contribution in [0.15, 0.2) is 52.2 Å². The van der Waals surface area contributed by atoms with Gasteiger partial charge in [-0.15, -0.1) is 0 Å². The minimum absolute atomic E-state index is 0.0740. The number of nitrogens with zero attached hydrogens (tertiary/aromatic N) is 3. The van der Waals surface area contributed by atoms with Crippen molar-refractivity contribution in [3.63, 3.8) is 0 Å². The molecule has 1 amide bonds. The summed E-state index contributed by atoms with van der Waals surface area (Å²) in [6.07, 6.45) is 3.88. The van der Waals surface area contributed by atoms with Crippen LogP contribution in [-0.2, 0) is 17.7 Å². The molecule has 0 fully saturated rings. The number of aryl methyl sites for hydroxylation is 1. The summed E-state index contributed by atoms with van der Waals surface area (Å²) < 4.78 is 38.5. The maximum atomic E-state index is 13.9. The number of ether oxygens (including phenoxy) is 1. The topological polar surface area (TPSA) is 105 Å². The van der Waals surface area contributed by atoms with Crippen LogP contribution in [0.2, 0.25) is 0 Å². The van der Waals surface area contributed by atoms with Gasteiger partial charge in [-0.25, -0.2) is 8.78 Å². The largest absolute Gasteiger partial charge is 0.502 e. The van der Waals surface area contributed by atoms with Crippen molar-refractivity contribution in [3.8, 4) is 5.75 Å². The second-order valence-electron chi connectivity index (χ2n) is 8.07. The highest BCUT2D eigenvalue weighted by Gasteiger charge is 2.34. The number of carbonyl (C=O) groups is 2. The average Bonchev–Trinajstić information content (AvgIpc) is 3.34. The van der Waals surface area contributed by atoms with E-state index < -0.39 is 34.5 Å². The van der Waals surface area contributed by atoms with Crippen molar-refractivity contribution >= 4 is 11.7 Å². The van der Waals surface area contributed by atoms with Gasteiger partial charge in [-0.2, -0.15) is 0 Å². The number of pyridine rings is 1. The molecule has 0 spiro atoms. The Morgan fingerprint density at radius 3 is 2.71 bits per heavy atom. The first-order valence-electron chi connectivity index (χ1n) is 10.8. The molecule has 11 heteroatoms. The van der Waals surface area contributed by atoms with E-state index in [9.17, 15) is 28.3 Å². The van der Waals surface area contributed by atoms with Gasteiger partial charge >= 0.3 is 0 Å². The van der Waals surface area contributed by atoms with E-state index in [1.54, 1.807) is 11.1 Å². The minimum Gasteiger partial charge on any atom is -0.502 e. The molecule has 2 aromatic heterocycles. The maximum absolute atomic E-state index is 13.9. The van der Waals surface area contributed by atoms with Crippen LogP contribution >= 0.6 is 0 Å². The first-order chi connectivity index (χ1) is 16.8. The molecule has 1 N–H and O–H groups in total. The third-order valence-electron chi connectivity index (χ3n) is 5.74. The van der Waals surface area contributed by atoms with E-state index >= 15 is 0 Å². The van der Waals surface area contributed by atoms with Gasteiger partial charge in [-0.3, -0.25) is 24.1 Å². The van der Waals surface area contributed by atoms with Gasteiger partial charge < -0.3 is 19.2 Å². The van der Waals surface area contributed by atoms with Gasteiger partial charge in [0.1, 0.15) is 18.3 Å². The van der Waals surface area contributed by atoms with Crippen LogP contribution in [0.25, 0.3) is 0 Å². The third-order valence-corrected chi connectivity index (χ3v) is 5.74. The summed E-state index contributed by atoms with van der Waals surface area (Å²) in [5.74, 6) is -3.63. The zero-order valence-corrected chi connectivity index (χ0v) is 18.9. The van der Waals surface area contributed by atoms with E-state index in [4.69, 9.17) is 9.15 Å². The van der Waals surface area contributed by atoms with Gasteiger partial charge in [0.15, 0.2) is 17.2 Å². The lowest BCUT2D eigenvalue weighted by molar-refractivity contribution is 0.0619. The summed E-state index contributed by atoms with van der Waals surface area (Å²) in [7, 11) is 1.49. The zero-order valence-electron chi connectivity index (χ0n) is 18.9. The predicted octanol–water partition coefficient (Wildman–Crippen LogP) is 2.44. The second-order valence-corrected chi connectivity index (χ2v) is 8.07. The molecular formula is C24H23F2N3O6. The lowest BCUT2D eigenvalue weighted by Gasteiger charge is -2.39. The number of aromatic nitrogens is 1. The van der Waals surface area contributed by atoms with E-state index in [1.807, 2.05) is 0 Å². The van der Waals surface area contributed by atoms with Crippen LogP contribution in [0.5, 0.6) is 5.75 Å². The molecule has 1 aliphatic heterocycles. The van der Waals surface area contributed by atoms with Crippen molar-refractivity contribution in [2.24, 2.45) is 0 Å². The Morgan fingerprint density at radius 1 is 1.23 bits per heavy atom. The fourth-order valence-corrected chi connectivity index (χ4v) is 3.89. The molecule has 0 bridgehead atoms. The number of hydrogen-bond acceptors (Lipinski definition) is 7. The smallest absolute Gasteiger partial charge is 0.277 e. The molecule has 35 heavy (non-hydrogen) atoms. The number of halogens is 2. The predicted molar refractivity (Wildman–Crippen MR) is 120 cm³/mol. The Labute approximate surface area is 198 Å². The standard InChI is InChI=1S/C24H23F2N3O6/c1-34-9-7-27-14-28(11-15-6-8-35-13-15)29-12-18(22(31)23(32)21(29)24(27)33)20(30)5-3-16-2-4-17(25)10-19(16)26/h2,4,6,8,10,12-13,32H,3,5,7,9,11,14H2,1H3. The van der Waals surface area contributed by atoms with E-state index in [1.165, 1.54) is 41.5 Å². The number of benzene rings is 1. The number of aromatic hydroxyl groups is 1. The summed E-state index contributed by atoms with van der Waals surface area (Å²) in [6, 6.07) is 4.75. The van der Waals surface area contributed by atoms with Crippen LogP contribution < -0.4 is 10.4 Å².